The van der Waals surface area contributed by atoms with Crippen molar-refractivity contribution in [2.45, 2.75) is 25.8 Å². The number of nitrogens with one attached hydrogen (secondary N) is 2. The van der Waals surface area contributed by atoms with Crippen molar-refractivity contribution >= 4 is 11.8 Å². The average Bonchev–Trinajstić information content (AvgIpc) is 3.37. The number of benzene rings is 2. The topological polar surface area (TPSA) is 58.2 Å². The molecule has 0 aliphatic heterocycles. The van der Waals surface area contributed by atoms with Crippen LogP contribution in [-0.4, -0.2) is 24.4 Å². The first-order valence-electron chi connectivity index (χ1n) is 7.86. The van der Waals surface area contributed by atoms with Gasteiger partial charge < -0.3 is 10.6 Å². The van der Waals surface area contributed by atoms with Crippen LogP contribution in [-0.2, 0) is 4.79 Å². The summed E-state index contributed by atoms with van der Waals surface area (Å²) in [5.41, 5.74) is 3.95. The lowest BCUT2D eigenvalue weighted by Gasteiger charge is -2.07. The van der Waals surface area contributed by atoms with Crippen LogP contribution >= 0.6 is 0 Å². The molecule has 2 aromatic carbocycles. The van der Waals surface area contributed by atoms with Gasteiger partial charge in [-0.1, -0.05) is 42.0 Å². The molecule has 23 heavy (non-hydrogen) atoms. The van der Waals surface area contributed by atoms with Crippen LogP contribution in [0.25, 0.3) is 11.1 Å². The third kappa shape index (κ3) is 4.19. The summed E-state index contributed by atoms with van der Waals surface area (Å²) in [5, 5.41) is 5.49. The van der Waals surface area contributed by atoms with Gasteiger partial charge in [-0.3, -0.25) is 9.59 Å². The average molecular weight is 308 g/mol. The minimum Gasteiger partial charge on any atom is -0.352 e. The Morgan fingerprint density at radius 3 is 2.09 bits per heavy atom. The van der Waals surface area contributed by atoms with Crippen LogP contribution in [0.2, 0.25) is 0 Å². The molecule has 2 N–H and O–H groups in total. The Morgan fingerprint density at radius 1 is 0.957 bits per heavy atom. The highest BCUT2D eigenvalue weighted by atomic mass is 16.2. The predicted molar refractivity (Wildman–Crippen MR) is 90.1 cm³/mol. The zero-order valence-electron chi connectivity index (χ0n) is 13.1. The summed E-state index contributed by atoms with van der Waals surface area (Å²) in [6, 6.07) is 16.0. The van der Waals surface area contributed by atoms with Crippen molar-refractivity contribution in [1.29, 1.82) is 0 Å². The van der Waals surface area contributed by atoms with Gasteiger partial charge in [-0.05, 0) is 43.0 Å². The molecule has 0 radical (unpaired) electrons. The van der Waals surface area contributed by atoms with E-state index < -0.39 is 0 Å². The number of amides is 2. The molecule has 4 heteroatoms. The van der Waals surface area contributed by atoms with E-state index in [4.69, 9.17) is 0 Å². The van der Waals surface area contributed by atoms with E-state index in [2.05, 4.69) is 41.8 Å². The fourth-order valence-electron chi connectivity index (χ4n) is 2.33. The lowest BCUT2D eigenvalue weighted by atomic mass is 10.0. The molecule has 0 atom stereocenters. The van der Waals surface area contributed by atoms with Gasteiger partial charge in [0, 0.05) is 11.6 Å². The van der Waals surface area contributed by atoms with E-state index in [1.165, 1.54) is 5.56 Å². The van der Waals surface area contributed by atoms with E-state index >= 15 is 0 Å². The largest absolute Gasteiger partial charge is 0.352 e. The molecule has 2 aromatic rings. The summed E-state index contributed by atoms with van der Waals surface area (Å²) in [7, 11) is 0. The highest BCUT2D eigenvalue weighted by Crippen LogP contribution is 2.20. The molecule has 0 spiro atoms. The number of rotatable bonds is 5. The molecule has 0 unspecified atom stereocenters. The molecule has 4 nitrogen and oxygen atoms in total. The van der Waals surface area contributed by atoms with Gasteiger partial charge in [-0.2, -0.15) is 0 Å². The molecule has 0 bridgehead atoms. The number of aryl methyl sites for hydroxylation is 1. The van der Waals surface area contributed by atoms with Crippen LogP contribution in [0.5, 0.6) is 0 Å². The first-order chi connectivity index (χ1) is 11.1. The van der Waals surface area contributed by atoms with Crippen molar-refractivity contribution < 1.29 is 9.59 Å². The number of carbonyl (C=O) groups excluding carboxylic acids is 2. The molecular weight excluding hydrogens is 288 g/mol. The first-order valence-corrected chi connectivity index (χ1v) is 7.86. The minimum atomic E-state index is -0.230. The van der Waals surface area contributed by atoms with Crippen LogP contribution in [0.3, 0.4) is 0 Å². The molecular formula is C19H20N2O2. The predicted octanol–water partition coefficient (Wildman–Crippen LogP) is 2.67. The van der Waals surface area contributed by atoms with Crippen molar-refractivity contribution in [3.63, 3.8) is 0 Å². The number of carbonyl (C=O) groups is 2. The SMILES string of the molecule is Cc1ccc(-c2ccc(C(=O)NCC(=O)NC3CC3)cc2)cc1. The molecule has 0 heterocycles. The molecule has 2 amide bonds. The fourth-order valence-corrected chi connectivity index (χ4v) is 2.33. The second kappa shape index (κ2) is 6.65. The summed E-state index contributed by atoms with van der Waals surface area (Å²) in [5.74, 6) is -0.358. The zero-order chi connectivity index (χ0) is 16.2. The van der Waals surface area contributed by atoms with Crippen molar-refractivity contribution in [3.8, 4) is 11.1 Å². The van der Waals surface area contributed by atoms with Gasteiger partial charge in [0.05, 0.1) is 6.54 Å². The Balaban J connectivity index is 1.58. The van der Waals surface area contributed by atoms with Crippen molar-refractivity contribution in [2.24, 2.45) is 0 Å². The molecule has 0 aromatic heterocycles. The van der Waals surface area contributed by atoms with Crippen molar-refractivity contribution in [1.82, 2.24) is 10.6 Å². The first kappa shape index (κ1) is 15.3. The maximum atomic E-state index is 12.1. The maximum absolute atomic E-state index is 12.1. The Hall–Kier alpha value is -2.62. The van der Waals surface area contributed by atoms with Crippen LogP contribution in [0.1, 0.15) is 28.8 Å². The van der Waals surface area contributed by atoms with E-state index in [0.29, 0.717) is 11.6 Å². The Kier molecular flexibility index (Phi) is 4.42. The Labute approximate surface area is 135 Å². The summed E-state index contributed by atoms with van der Waals surface area (Å²) >= 11 is 0. The van der Waals surface area contributed by atoms with Crippen LogP contribution in [0, 0.1) is 6.92 Å². The molecule has 1 aliphatic carbocycles. The fraction of sp³-hybridized carbons (Fsp3) is 0.263. The lowest BCUT2D eigenvalue weighted by Crippen LogP contribution is -2.37. The van der Waals surface area contributed by atoms with Gasteiger partial charge >= 0.3 is 0 Å². The highest BCUT2D eigenvalue weighted by molar-refractivity contribution is 5.96. The summed E-state index contributed by atoms with van der Waals surface area (Å²) in [6.45, 7) is 2.08. The van der Waals surface area contributed by atoms with Gasteiger partial charge in [0.1, 0.15) is 0 Å². The highest BCUT2D eigenvalue weighted by Gasteiger charge is 2.23. The minimum absolute atomic E-state index is 0.0229. The monoisotopic (exact) mass is 308 g/mol. The maximum Gasteiger partial charge on any atom is 0.251 e. The zero-order valence-corrected chi connectivity index (χ0v) is 13.1. The second-order valence-corrected chi connectivity index (χ2v) is 5.97. The van der Waals surface area contributed by atoms with E-state index in [-0.39, 0.29) is 18.4 Å². The summed E-state index contributed by atoms with van der Waals surface area (Å²) in [4.78, 5) is 23.6. The van der Waals surface area contributed by atoms with E-state index in [0.717, 1.165) is 24.0 Å². The molecule has 0 saturated heterocycles. The molecule has 3 rings (SSSR count). The summed E-state index contributed by atoms with van der Waals surface area (Å²) in [6.07, 6.45) is 2.08. The number of hydrogen-bond acceptors (Lipinski definition) is 2. The Morgan fingerprint density at radius 2 is 1.52 bits per heavy atom. The quantitative estimate of drug-likeness (QED) is 0.892. The van der Waals surface area contributed by atoms with Crippen LogP contribution in [0.4, 0.5) is 0 Å². The third-order valence-corrected chi connectivity index (χ3v) is 3.88. The van der Waals surface area contributed by atoms with Gasteiger partial charge in [0.2, 0.25) is 5.91 Å². The van der Waals surface area contributed by atoms with Gasteiger partial charge in [-0.15, -0.1) is 0 Å². The van der Waals surface area contributed by atoms with Gasteiger partial charge in [-0.25, -0.2) is 0 Å². The van der Waals surface area contributed by atoms with Gasteiger partial charge in [0.25, 0.3) is 5.91 Å². The number of hydrogen-bond donors (Lipinski definition) is 2. The standard InChI is InChI=1S/C19H20N2O2/c1-13-2-4-14(5-3-13)15-6-8-16(9-7-15)19(23)20-12-18(22)21-17-10-11-17/h2-9,17H,10-12H2,1H3,(H,20,23)(H,21,22). The van der Waals surface area contributed by atoms with Gasteiger partial charge in [0.15, 0.2) is 0 Å². The van der Waals surface area contributed by atoms with Crippen LogP contribution in [0.15, 0.2) is 48.5 Å². The third-order valence-electron chi connectivity index (χ3n) is 3.88. The van der Waals surface area contributed by atoms with E-state index in [1.807, 2.05) is 12.1 Å². The normalized spacial score (nSPS) is 13.4. The molecule has 118 valence electrons. The smallest absolute Gasteiger partial charge is 0.251 e. The van der Waals surface area contributed by atoms with Crippen molar-refractivity contribution in [2.75, 3.05) is 6.54 Å². The lowest BCUT2D eigenvalue weighted by molar-refractivity contribution is -0.120. The summed E-state index contributed by atoms with van der Waals surface area (Å²) < 4.78 is 0. The molecule has 1 saturated carbocycles. The van der Waals surface area contributed by atoms with E-state index in [1.54, 1.807) is 12.1 Å². The second-order valence-electron chi connectivity index (χ2n) is 5.97. The molecule has 1 fully saturated rings. The van der Waals surface area contributed by atoms with Crippen molar-refractivity contribution in [3.05, 3.63) is 59.7 Å². The Bertz CT molecular complexity index is 701. The molecule has 1 aliphatic rings. The van der Waals surface area contributed by atoms with Crippen LogP contribution < -0.4 is 10.6 Å². The van der Waals surface area contributed by atoms with E-state index in [9.17, 15) is 9.59 Å².